The zero-order chi connectivity index (χ0) is 13.9. The largest absolute Gasteiger partial charge is 0.379 e. The zero-order valence-electron chi connectivity index (χ0n) is 12.3. The van der Waals surface area contributed by atoms with E-state index in [0.29, 0.717) is 12.1 Å². The van der Waals surface area contributed by atoms with E-state index in [1.54, 1.807) is 0 Å². The molecule has 0 spiro atoms. The predicted molar refractivity (Wildman–Crippen MR) is 83.2 cm³/mol. The molecule has 112 valence electrons. The van der Waals surface area contributed by atoms with Crippen molar-refractivity contribution in [3.63, 3.8) is 0 Å². The van der Waals surface area contributed by atoms with E-state index >= 15 is 0 Å². The summed E-state index contributed by atoms with van der Waals surface area (Å²) >= 11 is 1.85. The Bertz CT molecular complexity index is 431. The van der Waals surface area contributed by atoms with Crippen LogP contribution in [-0.4, -0.2) is 61.8 Å². The van der Waals surface area contributed by atoms with Gasteiger partial charge in [0.05, 0.1) is 19.3 Å². The van der Waals surface area contributed by atoms with Gasteiger partial charge in [0, 0.05) is 43.6 Å². The van der Waals surface area contributed by atoms with Crippen LogP contribution in [0.25, 0.3) is 0 Å². The Hall–Kier alpha value is -0.460. The average Bonchev–Trinajstić information content (AvgIpc) is 3.12. The van der Waals surface area contributed by atoms with Gasteiger partial charge in [-0.2, -0.15) is 0 Å². The minimum absolute atomic E-state index is 0.404. The van der Waals surface area contributed by atoms with E-state index in [1.807, 2.05) is 11.3 Å². The number of likely N-dealkylation sites (tertiary alicyclic amines) is 1. The van der Waals surface area contributed by atoms with Crippen LogP contribution in [-0.2, 0) is 4.74 Å². The zero-order valence-corrected chi connectivity index (χ0v) is 13.1. The van der Waals surface area contributed by atoms with Crippen molar-refractivity contribution < 1.29 is 4.74 Å². The highest BCUT2D eigenvalue weighted by Gasteiger charge is 2.33. The van der Waals surface area contributed by atoms with Crippen LogP contribution >= 0.6 is 11.3 Å². The third-order valence-corrected chi connectivity index (χ3v) is 5.75. The van der Waals surface area contributed by atoms with Gasteiger partial charge in [-0.05, 0) is 30.4 Å². The molecule has 0 saturated carbocycles. The second-order valence-electron chi connectivity index (χ2n) is 5.81. The molecule has 1 aromatic rings. The molecule has 2 fully saturated rings. The van der Waals surface area contributed by atoms with Crippen LogP contribution in [0.1, 0.15) is 22.9 Å². The molecule has 3 heterocycles. The number of hydrogen-bond acceptors (Lipinski definition) is 5. The minimum atomic E-state index is 0.404. The first-order valence-electron chi connectivity index (χ1n) is 7.59. The highest BCUT2D eigenvalue weighted by molar-refractivity contribution is 7.10. The third kappa shape index (κ3) is 2.92. The fourth-order valence-electron chi connectivity index (χ4n) is 3.44. The lowest BCUT2D eigenvalue weighted by atomic mass is 10.1. The molecule has 0 aromatic carbocycles. The molecule has 2 aliphatic rings. The first-order chi connectivity index (χ1) is 9.79. The van der Waals surface area contributed by atoms with Gasteiger partial charge in [-0.3, -0.25) is 9.80 Å². The van der Waals surface area contributed by atoms with E-state index in [-0.39, 0.29) is 0 Å². The Balaban J connectivity index is 1.64. The van der Waals surface area contributed by atoms with Crippen LogP contribution in [0.15, 0.2) is 11.4 Å². The highest BCUT2D eigenvalue weighted by Crippen LogP contribution is 2.31. The van der Waals surface area contributed by atoms with Gasteiger partial charge >= 0.3 is 0 Å². The number of rotatable bonds is 4. The lowest BCUT2D eigenvalue weighted by molar-refractivity contribution is 0.0177. The molecular weight excluding hydrogens is 270 g/mol. The quantitative estimate of drug-likeness (QED) is 0.913. The second-order valence-corrected chi connectivity index (χ2v) is 6.75. The SMILES string of the molecule is Cc1ccsc1C(CN)N1CCC(N2CCOCC2)C1. The molecule has 2 unspecified atom stereocenters. The first-order valence-corrected chi connectivity index (χ1v) is 8.47. The maximum Gasteiger partial charge on any atom is 0.0594 e. The molecule has 20 heavy (non-hydrogen) atoms. The summed E-state index contributed by atoms with van der Waals surface area (Å²) in [5, 5.41) is 2.18. The Kier molecular flexibility index (Phi) is 4.73. The van der Waals surface area contributed by atoms with Crippen molar-refractivity contribution >= 4 is 11.3 Å². The van der Waals surface area contributed by atoms with Crippen molar-refractivity contribution in [1.82, 2.24) is 9.80 Å². The van der Waals surface area contributed by atoms with Crippen molar-refractivity contribution in [2.75, 3.05) is 45.9 Å². The lowest BCUT2D eigenvalue weighted by Crippen LogP contribution is -2.45. The number of hydrogen-bond donors (Lipinski definition) is 1. The molecule has 2 saturated heterocycles. The van der Waals surface area contributed by atoms with Crippen LogP contribution in [0.4, 0.5) is 0 Å². The Labute approximate surface area is 125 Å². The first kappa shape index (κ1) is 14.5. The Morgan fingerprint density at radius 3 is 2.85 bits per heavy atom. The van der Waals surface area contributed by atoms with Crippen molar-refractivity contribution in [1.29, 1.82) is 0 Å². The standard InChI is InChI=1S/C15H25N3OS/c1-12-3-9-20-15(12)14(10-16)18-4-2-13(11-18)17-5-7-19-8-6-17/h3,9,13-14H,2,4-8,10-11,16H2,1H3. The normalized spacial score (nSPS) is 27.0. The fraction of sp³-hybridized carbons (Fsp3) is 0.733. The van der Waals surface area contributed by atoms with Gasteiger partial charge in [0.15, 0.2) is 0 Å². The molecule has 4 nitrogen and oxygen atoms in total. The maximum atomic E-state index is 6.07. The van der Waals surface area contributed by atoms with E-state index in [9.17, 15) is 0 Å². The van der Waals surface area contributed by atoms with Gasteiger partial charge in [0.25, 0.3) is 0 Å². The molecule has 0 radical (unpaired) electrons. The maximum absolute atomic E-state index is 6.07. The van der Waals surface area contributed by atoms with Crippen molar-refractivity contribution in [3.8, 4) is 0 Å². The van der Waals surface area contributed by atoms with E-state index < -0.39 is 0 Å². The third-order valence-electron chi connectivity index (χ3n) is 4.63. The molecule has 2 N–H and O–H groups in total. The van der Waals surface area contributed by atoms with Crippen LogP contribution in [0, 0.1) is 6.92 Å². The summed E-state index contributed by atoms with van der Waals surface area (Å²) in [6, 6.07) is 3.30. The van der Waals surface area contributed by atoms with Gasteiger partial charge in [-0.25, -0.2) is 0 Å². The number of thiophene rings is 1. The van der Waals surface area contributed by atoms with E-state index in [2.05, 4.69) is 28.2 Å². The number of aryl methyl sites for hydroxylation is 1. The molecule has 2 aliphatic heterocycles. The van der Waals surface area contributed by atoms with E-state index in [0.717, 1.165) is 39.4 Å². The minimum Gasteiger partial charge on any atom is -0.379 e. The van der Waals surface area contributed by atoms with Gasteiger partial charge in [0.1, 0.15) is 0 Å². The van der Waals surface area contributed by atoms with Gasteiger partial charge in [0.2, 0.25) is 0 Å². The van der Waals surface area contributed by atoms with Crippen LogP contribution in [0.2, 0.25) is 0 Å². The Morgan fingerprint density at radius 1 is 1.40 bits per heavy atom. The van der Waals surface area contributed by atoms with Crippen LogP contribution in [0.3, 0.4) is 0 Å². The van der Waals surface area contributed by atoms with Crippen molar-refractivity contribution in [2.45, 2.75) is 25.4 Å². The average molecular weight is 295 g/mol. The number of ether oxygens (including phenoxy) is 1. The highest BCUT2D eigenvalue weighted by atomic mass is 32.1. The molecule has 1 aromatic heterocycles. The molecule has 3 rings (SSSR count). The number of nitrogens with two attached hydrogens (primary N) is 1. The summed E-state index contributed by atoms with van der Waals surface area (Å²) in [5.41, 5.74) is 7.46. The monoisotopic (exact) mass is 295 g/mol. The molecule has 5 heteroatoms. The van der Waals surface area contributed by atoms with Gasteiger partial charge < -0.3 is 10.5 Å². The van der Waals surface area contributed by atoms with Crippen molar-refractivity contribution in [2.24, 2.45) is 5.73 Å². The second kappa shape index (κ2) is 6.54. The van der Waals surface area contributed by atoms with E-state index in [1.165, 1.54) is 23.4 Å². The molecule has 0 aliphatic carbocycles. The summed E-state index contributed by atoms with van der Waals surface area (Å²) in [6.45, 7) is 9.19. The summed E-state index contributed by atoms with van der Waals surface area (Å²) in [7, 11) is 0. The topological polar surface area (TPSA) is 41.7 Å². The summed E-state index contributed by atoms with van der Waals surface area (Å²) in [4.78, 5) is 6.63. The molecule has 0 bridgehead atoms. The summed E-state index contributed by atoms with van der Waals surface area (Å²) in [5.74, 6) is 0. The number of nitrogens with zero attached hydrogens (tertiary/aromatic N) is 2. The summed E-state index contributed by atoms with van der Waals surface area (Å²) < 4.78 is 5.46. The fourth-order valence-corrected chi connectivity index (χ4v) is 4.51. The molecule has 2 atom stereocenters. The van der Waals surface area contributed by atoms with Gasteiger partial charge in [-0.1, -0.05) is 0 Å². The lowest BCUT2D eigenvalue weighted by Gasteiger charge is -2.33. The Morgan fingerprint density at radius 2 is 2.20 bits per heavy atom. The van der Waals surface area contributed by atoms with Crippen LogP contribution < -0.4 is 5.73 Å². The van der Waals surface area contributed by atoms with Crippen LogP contribution in [0.5, 0.6) is 0 Å². The van der Waals surface area contributed by atoms with Crippen molar-refractivity contribution in [3.05, 3.63) is 21.9 Å². The smallest absolute Gasteiger partial charge is 0.0594 e. The molecular formula is C15H25N3OS. The predicted octanol–water partition coefficient (Wildman–Crippen LogP) is 1.46. The molecule has 0 amide bonds. The number of morpholine rings is 1. The van der Waals surface area contributed by atoms with E-state index in [4.69, 9.17) is 10.5 Å². The van der Waals surface area contributed by atoms with Gasteiger partial charge in [-0.15, -0.1) is 11.3 Å². The summed E-state index contributed by atoms with van der Waals surface area (Å²) in [6.07, 6.45) is 1.26.